The van der Waals surface area contributed by atoms with Crippen LogP contribution in [0.2, 0.25) is 0 Å². The van der Waals surface area contributed by atoms with Crippen molar-refractivity contribution in [2.24, 2.45) is 0 Å². The van der Waals surface area contributed by atoms with Gasteiger partial charge in [0.2, 0.25) is 0 Å². The number of hydrogen-bond acceptors (Lipinski definition) is 3. The van der Waals surface area contributed by atoms with Crippen LogP contribution in [0.15, 0.2) is 165 Å². The summed E-state index contributed by atoms with van der Waals surface area (Å²) in [5, 5.41) is 0. The zero-order valence-electron chi connectivity index (χ0n) is 23.6. The first-order valence-electron chi connectivity index (χ1n) is 14.0. The van der Waals surface area contributed by atoms with Crippen LogP contribution in [-0.2, 0) is 0 Å². The molecule has 0 heterocycles. The van der Waals surface area contributed by atoms with E-state index in [1.165, 1.54) is 30.7 Å². The molecule has 1 nitrogen and oxygen atoms in total. The maximum absolute atomic E-state index is 14.1. The topological polar surface area (TPSA) is 17.1 Å². The molecular formula is C39H30OS2. The standard InChI is InChI=1S/C39H30OS2/c1-27-11-19-31(20-12-27)41-33-23-15-29(16-24-33)35-7-3-5-9-37(35)39(40)38-10-6-4-8-36(38)30-17-25-34(26-18-30)42-32-21-13-28(2)14-22-32/h3-26H,1-2H3. The molecule has 0 amide bonds. The van der Waals surface area contributed by atoms with Gasteiger partial charge >= 0.3 is 0 Å². The van der Waals surface area contributed by atoms with Gasteiger partial charge in [-0.3, -0.25) is 4.79 Å². The van der Waals surface area contributed by atoms with Crippen LogP contribution in [0.25, 0.3) is 22.3 Å². The Morgan fingerprint density at radius 3 is 1.07 bits per heavy atom. The number of carbonyl (C=O) groups excluding carboxylic acids is 1. The first-order chi connectivity index (χ1) is 20.5. The monoisotopic (exact) mass is 578 g/mol. The van der Waals surface area contributed by atoms with E-state index in [4.69, 9.17) is 0 Å². The van der Waals surface area contributed by atoms with Gasteiger partial charge in [-0.1, -0.05) is 132 Å². The molecule has 6 rings (SSSR count). The lowest BCUT2D eigenvalue weighted by molar-refractivity contribution is 0.104. The molecule has 0 aliphatic rings. The molecule has 0 spiro atoms. The van der Waals surface area contributed by atoms with Crippen LogP contribution in [0.1, 0.15) is 27.0 Å². The third kappa shape index (κ3) is 6.44. The van der Waals surface area contributed by atoms with Crippen LogP contribution >= 0.6 is 23.5 Å². The van der Waals surface area contributed by atoms with Crippen molar-refractivity contribution in [1.29, 1.82) is 0 Å². The van der Waals surface area contributed by atoms with Crippen LogP contribution in [0.3, 0.4) is 0 Å². The lowest BCUT2D eigenvalue weighted by atomic mass is 9.90. The SMILES string of the molecule is Cc1ccc(Sc2ccc(-c3ccccc3C(=O)c3ccccc3-c3ccc(Sc4ccc(C)cc4)cc3)cc2)cc1. The molecule has 6 aromatic rings. The van der Waals surface area contributed by atoms with E-state index in [-0.39, 0.29) is 5.78 Å². The van der Waals surface area contributed by atoms with Gasteiger partial charge < -0.3 is 0 Å². The number of ketones is 1. The van der Waals surface area contributed by atoms with Crippen LogP contribution in [-0.4, -0.2) is 5.78 Å². The molecule has 0 aromatic heterocycles. The van der Waals surface area contributed by atoms with Crippen molar-refractivity contribution in [2.75, 3.05) is 0 Å². The largest absolute Gasteiger partial charge is 0.289 e. The highest BCUT2D eigenvalue weighted by molar-refractivity contribution is 7.99. The normalized spacial score (nSPS) is 10.9. The summed E-state index contributed by atoms with van der Waals surface area (Å²) in [6.45, 7) is 4.20. The first kappa shape index (κ1) is 27.8. The van der Waals surface area contributed by atoms with Crippen LogP contribution in [0, 0.1) is 13.8 Å². The molecule has 0 saturated carbocycles. The highest BCUT2D eigenvalue weighted by atomic mass is 32.2. The molecule has 204 valence electrons. The Morgan fingerprint density at radius 2 is 0.714 bits per heavy atom. The minimum atomic E-state index is 0.0254. The molecule has 0 N–H and O–H groups in total. The summed E-state index contributed by atoms with van der Waals surface area (Å²) >= 11 is 3.48. The molecule has 0 saturated heterocycles. The van der Waals surface area contributed by atoms with Gasteiger partial charge in [0.05, 0.1) is 0 Å². The number of carbonyl (C=O) groups is 1. The van der Waals surface area contributed by atoms with E-state index in [1.807, 2.05) is 48.5 Å². The smallest absolute Gasteiger partial charge is 0.194 e. The van der Waals surface area contributed by atoms with E-state index in [1.54, 1.807) is 23.5 Å². The Labute approximate surface area is 256 Å². The van der Waals surface area contributed by atoms with Crippen LogP contribution in [0.4, 0.5) is 0 Å². The minimum Gasteiger partial charge on any atom is -0.289 e. The molecule has 0 aliphatic heterocycles. The lowest BCUT2D eigenvalue weighted by Crippen LogP contribution is -2.05. The number of hydrogen-bond donors (Lipinski definition) is 0. The molecule has 0 atom stereocenters. The van der Waals surface area contributed by atoms with Gasteiger partial charge in [-0.05, 0) is 84.6 Å². The molecule has 0 bridgehead atoms. The zero-order valence-corrected chi connectivity index (χ0v) is 25.2. The Morgan fingerprint density at radius 1 is 0.405 bits per heavy atom. The average molecular weight is 579 g/mol. The van der Waals surface area contributed by atoms with Crippen molar-refractivity contribution in [1.82, 2.24) is 0 Å². The van der Waals surface area contributed by atoms with Gasteiger partial charge in [0, 0.05) is 30.7 Å². The van der Waals surface area contributed by atoms with Crippen molar-refractivity contribution in [3.63, 3.8) is 0 Å². The second-order valence-electron chi connectivity index (χ2n) is 10.3. The second-order valence-corrected chi connectivity index (χ2v) is 12.6. The Balaban J connectivity index is 1.25. The fraction of sp³-hybridized carbons (Fsp3) is 0.0513. The lowest BCUT2D eigenvalue weighted by Gasteiger charge is -2.13. The van der Waals surface area contributed by atoms with Gasteiger partial charge in [-0.15, -0.1) is 0 Å². The molecule has 0 aliphatic carbocycles. The van der Waals surface area contributed by atoms with Gasteiger partial charge in [-0.2, -0.15) is 0 Å². The van der Waals surface area contributed by atoms with E-state index >= 15 is 0 Å². The second kappa shape index (κ2) is 12.7. The summed E-state index contributed by atoms with van der Waals surface area (Å²) in [7, 11) is 0. The summed E-state index contributed by atoms with van der Waals surface area (Å²) in [6, 6.07) is 49.9. The van der Waals surface area contributed by atoms with E-state index in [0.29, 0.717) is 11.1 Å². The fourth-order valence-corrected chi connectivity index (χ4v) is 6.53. The molecule has 6 aromatic carbocycles. The first-order valence-corrected chi connectivity index (χ1v) is 15.6. The number of rotatable bonds is 8. The summed E-state index contributed by atoms with van der Waals surface area (Å²) in [5.41, 5.74) is 7.86. The maximum atomic E-state index is 14.1. The van der Waals surface area contributed by atoms with E-state index in [0.717, 1.165) is 22.3 Å². The predicted octanol–water partition coefficient (Wildman–Crippen LogP) is 11.2. The van der Waals surface area contributed by atoms with Gasteiger partial charge in [0.25, 0.3) is 0 Å². The Kier molecular flexibility index (Phi) is 8.41. The predicted molar refractivity (Wildman–Crippen MR) is 178 cm³/mol. The molecule has 0 radical (unpaired) electrons. The molecule has 3 heteroatoms. The van der Waals surface area contributed by atoms with Crippen molar-refractivity contribution in [3.05, 3.63) is 168 Å². The van der Waals surface area contributed by atoms with Crippen molar-refractivity contribution in [2.45, 2.75) is 33.4 Å². The van der Waals surface area contributed by atoms with Crippen molar-refractivity contribution >= 4 is 29.3 Å². The van der Waals surface area contributed by atoms with E-state index in [9.17, 15) is 4.79 Å². The third-order valence-corrected chi connectivity index (χ3v) is 9.22. The van der Waals surface area contributed by atoms with Gasteiger partial charge in [-0.25, -0.2) is 0 Å². The van der Waals surface area contributed by atoms with Gasteiger partial charge in [0.15, 0.2) is 5.78 Å². The number of aryl methyl sites for hydroxylation is 2. The van der Waals surface area contributed by atoms with Crippen LogP contribution in [0.5, 0.6) is 0 Å². The highest BCUT2D eigenvalue weighted by Gasteiger charge is 2.18. The molecule has 0 fully saturated rings. The maximum Gasteiger partial charge on any atom is 0.194 e. The molecular weight excluding hydrogens is 549 g/mol. The van der Waals surface area contributed by atoms with Gasteiger partial charge in [0.1, 0.15) is 0 Å². The fourth-order valence-electron chi connectivity index (χ4n) is 4.90. The van der Waals surface area contributed by atoms with E-state index in [2.05, 4.69) is 111 Å². The van der Waals surface area contributed by atoms with Crippen molar-refractivity contribution in [3.8, 4) is 22.3 Å². The molecule has 42 heavy (non-hydrogen) atoms. The van der Waals surface area contributed by atoms with Crippen LogP contribution < -0.4 is 0 Å². The number of benzene rings is 6. The summed E-state index contributed by atoms with van der Waals surface area (Å²) < 4.78 is 0. The van der Waals surface area contributed by atoms with Crippen molar-refractivity contribution < 1.29 is 4.79 Å². The third-order valence-electron chi connectivity index (χ3n) is 7.19. The minimum absolute atomic E-state index is 0.0254. The quantitative estimate of drug-likeness (QED) is 0.167. The van der Waals surface area contributed by atoms with E-state index < -0.39 is 0 Å². The Bertz CT molecular complexity index is 1680. The Hall–Kier alpha value is -4.31. The average Bonchev–Trinajstić information content (AvgIpc) is 3.04. The summed E-state index contributed by atoms with van der Waals surface area (Å²) in [4.78, 5) is 18.9. The summed E-state index contributed by atoms with van der Waals surface area (Å²) in [5.74, 6) is 0.0254. The summed E-state index contributed by atoms with van der Waals surface area (Å²) in [6.07, 6.45) is 0. The molecule has 0 unspecified atom stereocenters. The zero-order chi connectivity index (χ0) is 28.9. The highest BCUT2D eigenvalue weighted by Crippen LogP contribution is 2.34.